The third-order valence-corrected chi connectivity index (χ3v) is 3.30. The number of nitriles is 1. The first-order valence-electron chi connectivity index (χ1n) is 5.53. The molecule has 2 aromatic rings. The smallest absolute Gasteiger partial charge is 0.274 e. The van der Waals surface area contributed by atoms with E-state index in [0.29, 0.717) is 23.2 Å². The van der Waals surface area contributed by atoms with Gasteiger partial charge in [0, 0.05) is 5.92 Å². The molecule has 0 spiro atoms. The van der Waals surface area contributed by atoms with Crippen molar-refractivity contribution < 1.29 is 4.52 Å². The van der Waals surface area contributed by atoms with Gasteiger partial charge in [-0.05, 0) is 24.0 Å². The summed E-state index contributed by atoms with van der Waals surface area (Å²) in [6.45, 7) is 4.38. The number of aromatic amines is 1. The van der Waals surface area contributed by atoms with Gasteiger partial charge in [-0.15, -0.1) is 0 Å². The fourth-order valence-electron chi connectivity index (χ4n) is 1.98. The predicted molar refractivity (Wildman–Crippen MR) is 59.9 cm³/mol. The lowest BCUT2D eigenvalue weighted by Gasteiger charge is -1.95. The van der Waals surface area contributed by atoms with Crippen LogP contribution in [0.3, 0.4) is 0 Å². The van der Waals surface area contributed by atoms with Gasteiger partial charge in [0.15, 0.2) is 5.82 Å². The number of nitrogens with one attached hydrogen (secondary N) is 1. The van der Waals surface area contributed by atoms with Crippen LogP contribution in [-0.4, -0.2) is 15.1 Å². The Labute approximate surface area is 98.5 Å². The van der Waals surface area contributed by atoms with E-state index in [1.165, 1.54) is 0 Å². The molecular weight excluding hydrogens is 216 g/mol. The van der Waals surface area contributed by atoms with Crippen LogP contribution < -0.4 is 0 Å². The maximum Gasteiger partial charge on any atom is 0.274 e. The first-order chi connectivity index (χ1) is 8.10. The number of rotatable bonds is 2. The van der Waals surface area contributed by atoms with Crippen LogP contribution in [0.5, 0.6) is 0 Å². The van der Waals surface area contributed by atoms with Gasteiger partial charge >= 0.3 is 0 Å². The van der Waals surface area contributed by atoms with Gasteiger partial charge in [-0.3, -0.25) is 0 Å². The third kappa shape index (κ3) is 1.62. The van der Waals surface area contributed by atoms with Crippen molar-refractivity contribution in [2.45, 2.75) is 26.2 Å². The monoisotopic (exact) mass is 228 g/mol. The number of H-pyrrole nitrogens is 1. The van der Waals surface area contributed by atoms with Crippen molar-refractivity contribution in [2.24, 2.45) is 5.41 Å². The van der Waals surface area contributed by atoms with Crippen molar-refractivity contribution in [3.8, 4) is 17.7 Å². The summed E-state index contributed by atoms with van der Waals surface area (Å²) in [5.74, 6) is 1.60. The number of aromatic nitrogens is 3. The van der Waals surface area contributed by atoms with Crippen LogP contribution in [0.4, 0.5) is 0 Å². The SMILES string of the molecule is CC1(C)CC1c1noc(-c2ccc(C#N)[nH]2)n1. The Morgan fingerprint density at radius 2 is 2.29 bits per heavy atom. The fourth-order valence-corrected chi connectivity index (χ4v) is 1.98. The Bertz CT molecular complexity index is 602. The molecule has 1 fully saturated rings. The van der Waals surface area contributed by atoms with Crippen molar-refractivity contribution >= 4 is 0 Å². The molecule has 3 rings (SSSR count). The molecular formula is C12H12N4O. The van der Waals surface area contributed by atoms with Crippen LogP contribution in [0.2, 0.25) is 0 Å². The minimum atomic E-state index is 0.286. The molecule has 1 aliphatic carbocycles. The highest BCUT2D eigenvalue weighted by Gasteiger charge is 2.49. The molecule has 0 aliphatic heterocycles. The fraction of sp³-hybridized carbons (Fsp3) is 0.417. The quantitative estimate of drug-likeness (QED) is 0.856. The molecule has 0 amide bonds. The maximum atomic E-state index is 8.72. The van der Waals surface area contributed by atoms with E-state index in [0.717, 1.165) is 12.2 Å². The minimum Gasteiger partial charge on any atom is -0.342 e. The van der Waals surface area contributed by atoms with Gasteiger partial charge in [0.25, 0.3) is 5.89 Å². The molecule has 17 heavy (non-hydrogen) atoms. The van der Waals surface area contributed by atoms with Gasteiger partial charge in [-0.25, -0.2) is 0 Å². The first kappa shape index (κ1) is 10.1. The van der Waals surface area contributed by atoms with Crippen LogP contribution in [0.15, 0.2) is 16.7 Å². The molecule has 1 atom stereocenters. The Balaban J connectivity index is 1.88. The van der Waals surface area contributed by atoms with Crippen molar-refractivity contribution in [1.82, 2.24) is 15.1 Å². The Hall–Kier alpha value is -2.09. The lowest BCUT2D eigenvalue weighted by atomic mass is 10.1. The number of hydrogen-bond donors (Lipinski definition) is 1. The van der Waals surface area contributed by atoms with Gasteiger partial charge in [-0.1, -0.05) is 19.0 Å². The minimum absolute atomic E-state index is 0.286. The Kier molecular flexibility index (Phi) is 1.90. The molecule has 1 unspecified atom stereocenters. The second-order valence-corrected chi connectivity index (χ2v) is 5.10. The molecule has 86 valence electrons. The summed E-state index contributed by atoms with van der Waals surface area (Å²) in [4.78, 5) is 7.28. The van der Waals surface area contributed by atoms with E-state index in [9.17, 15) is 0 Å². The van der Waals surface area contributed by atoms with Crippen LogP contribution in [0.25, 0.3) is 11.6 Å². The van der Waals surface area contributed by atoms with Gasteiger partial charge in [0.1, 0.15) is 17.5 Å². The summed E-state index contributed by atoms with van der Waals surface area (Å²) >= 11 is 0. The molecule has 0 radical (unpaired) electrons. The van der Waals surface area contributed by atoms with Crippen molar-refractivity contribution in [2.75, 3.05) is 0 Å². The maximum absolute atomic E-state index is 8.72. The van der Waals surface area contributed by atoms with Gasteiger partial charge in [-0.2, -0.15) is 10.2 Å². The molecule has 1 aliphatic rings. The van der Waals surface area contributed by atoms with Gasteiger partial charge < -0.3 is 9.51 Å². The number of nitrogens with zero attached hydrogens (tertiary/aromatic N) is 3. The van der Waals surface area contributed by atoms with Crippen LogP contribution in [-0.2, 0) is 0 Å². The van der Waals surface area contributed by atoms with Gasteiger partial charge in [0.2, 0.25) is 0 Å². The molecule has 1 N–H and O–H groups in total. The molecule has 0 aromatic carbocycles. The van der Waals surface area contributed by atoms with Crippen molar-refractivity contribution in [3.63, 3.8) is 0 Å². The highest BCUT2D eigenvalue weighted by atomic mass is 16.5. The molecule has 2 aromatic heterocycles. The topological polar surface area (TPSA) is 78.5 Å². The van der Waals surface area contributed by atoms with Gasteiger partial charge in [0.05, 0.1) is 0 Å². The third-order valence-electron chi connectivity index (χ3n) is 3.30. The van der Waals surface area contributed by atoms with E-state index in [-0.39, 0.29) is 5.41 Å². The summed E-state index contributed by atoms with van der Waals surface area (Å²) < 4.78 is 5.20. The zero-order valence-electron chi connectivity index (χ0n) is 9.69. The lowest BCUT2D eigenvalue weighted by Crippen LogP contribution is -1.91. The second kappa shape index (κ2) is 3.20. The second-order valence-electron chi connectivity index (χ2n) is 5.10. The average molecular weight is 228 g/mol. The summed E-state index contributed by atoms with van der Waals surface area (Å²) in [6, 6.07) is 5.49. The predicted octanol–water partition coefficient (Wildman–Crippen LogP) is 2.45. The standard InChI is InChI=1S/C12H12N4O/c1-12(2)5-8(12)10-15-11(17-16-10)9-4-3-7(6-13)14-9/h3-4,8,14H,5H2,1-2H3. The average Bonchev–Trinajstić information content (AvgIpc) is 2.81. The van der Waals surface area contributed by atoms with E-state index < -0.39 is 0 Å². The highest BCUT2D eigenvalue weighted by Crippen LogP contribution is 2.57. The lowest BCUT2D eigenvalue weighted by molar-refractivity contribution is 0.418. The number of hydrogen-bond acceptors (Lipinski definition) is 4. The van der Waals surface area contributed by atoms with E-state index in [1.807, 2.05) is 6.07 Å². The van der Waals surface area contributed by atoms with E-state index in [1.54, 1.807) is 12.1 Å². The first-order valence-corrected chi connectivity index (χ1v) is 5.53. The van der Waals surface area contributed by atoms with Crippen LogP contribution in [0.1, 0.15) is 37.7 Å². The Morgan fingerprint density at radius 3 is 2.88 bits per heavy atom. The molecule has 0 saturated heterocycles. The summed E-state index contributed by atoms with van der Waals surface area (Å²) in [5, 5.41) is 12.7. The van der Waals surface area contributed by atoms with E-state index in [2.05, 4.69) is 29.0 Å². The zero-order valence-corrected chi connectivity index (χ0v) is 9.69. The van der Waals surface area contributed by atoms with Crippen LogP contribution >= 0.6 is 0 Å². The van der Waals surface area contributed by atoms with Crippen molar-refractivity contribution in [1.29, 1.82) is 5.26 Å². The van der Waals surface area contributed by atoms with E-state index in [4.69, 9.17) is 9.78 Å². The largest absolute Gasteiger partial charge is 0.342 e. The van der Waals surface area contributed by atoms with Crippen molar-refractivity contribution in [3.05, 3.63) is 23.7 Å². The molecule has 0 bridgehead atoms. The zero-order chi connectivity index (χ0) is 12.0. The summed E-state index contributed by atoms with van der Waals surface area (Å²) in [5.41, 5.74) is 1.47. The highest BCUT2D eigenvalue weighted by molar-refractivity contribution is 5.49. The van der Waals surface area contributed by atoms with Crippen LogP contribution in [0, 0.1) is 16.7 Å². The normalized spacial score (nSPS) is 21.1. The summed E-state index contributed by atoms with van der Waals surface area (Å²) in [6.07, 6.45) is 1.10. The Morgan fingerprint density at radius 1 is 1.53 bits per heavy atom. The molecule has 1 saturated carbocycles. The molecule has 5 heteroatoms. The molecule has 5 nitrogen and oxygen atoms in total. The van der Waals surface area contributed by atoms with E-state index >= 15 is 0 Å². The molecule has 2 heterocycles. The summed E-state index contributed by atoms with van der Waals surface area (Å²) in [7, 11) is 0.